The Morgan fingerprint density at radius 3 is 2.88 bits per heavy atom. The van der Waals surface area contributed by atoms with Gasteiger partial charge in [0.25, 0.3) is 0 Å². The van der Waals surface area contributed by atoms with Gasteiger partial charge in [0.05, 0.1) is 14.9 Å². The Balaban J connectivity index is 2.48. The Morgan fingerprint density at radius 2 is 2.31 bits per heavy atom. The van der Waals surface area contributed by atoms with Crippen molar-refractivity contribution in [1.29, 1.82) is 0 Å². The maximum Gasteiger partial charge on any atom is 0.240 e. The second-order valence-corrected chi connectivity index (χ2v) is 5.15. The van der Waals surface area contributed by atoms with Crippen molar-refractivity contribution in [1.82, 2.24) is 5.43 Å². The molecular weight excluding hydrogens is 244 g/mol. The van der Waals surface area contributed by atoms with Crippen LogP contribution in [0.2, 0.25) is 4.34 Å². The van der Waals surface area contributed by atoms with Gasteiger partial charge in [0, 0.05) is 6.42 Å². The highest BCUT2D eigenvalue weighted by Gasteiger charge is 2.03. The third-order valence-corrected chi connectivity index (χ3v) is 3.38. The summed E-state index contributed by atoms with van der Waals surface area (Å²) in [5, 5.41) is 4.03. The fourth-order valence-electron chi connectivity index (χ4n) is 1.10. The number of hydrogen-bond acceptors (Lipinski definition) is 3. The zero-order valence-corrected chi connectivity index (χ0v) is 11.0. The molecule has 0 bridgehead atoms. The minimum atomic E-state index is -0.0381. The second-order valence-electron chi connectivity index (χ2n) is 3.44. The summed E-state index contributed by atoms with van der Waals surface area (Å²) in [6, 6.07) is 3.71. The van der Waals surface area contributed by atoms with E-state index in [1.807, 2.05) is 19.1 Å². The van der Waals surface area contributed by atoms with Gasteiger partial charge in [-0.2, -0.15) is 5.10 Å². The van der Waals surface area contributed by atoms with Crippen LogP contribution in [0.4, 0.5) is 0 Å². The van der Waals surface area contributed by atoms with Gasteiger partial charge >= 0.3 is 0 Å². The third kappa shape index (κ3) is 4.33. The van der Waals surface area contributed by atoms with Crippen LogP contribution in [0.15, 0.2) is 17.2 Å². The summed E-state index contributed by atoms with van der Waals surface area (Å²) in [6.07, 6.45) is 2.43. The van der Waals surface area contributed by atoms with Crippen molar-refractivity contribution in [2.45, 2.75) is 33.1 Å². The molecule has 1 N–H and O–H groups in total. The Morgan fingerprint density at radius 1 is 1.56 bits per heavy atom. The largest absolute Gasteiger partial charge is 0.273 e. The molecule has 1 amide bonds. The predicted molar refractivity (Wildman–Crippen MR) is 69.2 cm³/mol. The van der Waals surface area contributed by atoms with Crippen LogP contribution < -0.4 is 5.43 Å². The molecule has 0 saturated heterocycles. The number of halogens is 1. The van der Waals surface area contributed by atoms with Gasteiger partial charge in [-0.05, 0) is 25.5 Å². The average molecular weight is 259 g/mol. The average Bonchev–Trinajstić information content (AvgIpc) is 2.69. The number of carbonyl (C=O) groups excluding carboxylic acids is 1. The van der Waals surface area contributed by atoms with Crippen molar-refractivity contribution in [3.05, 3.63) is 21.3 Å². The Bertz CT molecular complexity index is 387. The van der Waals surface area contributed by atoms with E-state index in [9.17, 15) is 4.79 Å². The number of nitrogens with zero attached hydrogens (tertiary/aromatic N) is 1. The molecule has 1 heterocycles. The highest BCUT2D eigenvalue weighted by atomic mass is 35.5. The first-order valence-corrected chi connectivity index (χ1v) is 6.41. The maximum atomic E-state index is 11.3. The molecule has 1 rings (SSSR count). The van der Waals surface area contributed by atoms with Crippen LogP contribution in [-0.4, -0.2) is 11.6 Å². The van der Waals surface area contributed by atoms with E-state index in [1.54, 1.807) is 0 Å². The summed E-state index contributed by atoms with van der Waals surface area (Å²) in [4.78, 5) is 12.3. The van der Waals surface area contributed by atoms with E-state index in [0.717, 1.165) is 27.8 Å². The minimum Gasteiger partial charge on any atom is -0.273 e. The molecule has 0 radical (unpaired) electrons. The Hall–Kier alpha value is -0.870. The van der Waals surface area contributed by atoms with Crippen LogP contribution in [0.25, 0.3) is 0 Å². The van der Waals surface area contributed by atoms with Crippen molar-refractivity contribution >= 4 is 34.6 Å². The first kappa shape index (κ1) is 13.2. The molecule has 1 aromatic heterocycles. The normalized spacial score (nSPS) is 11.6. The van der Waals surface area contributed by atoms with Crippen LogP contribution >= 0.6 is 22.9 Å². The van der Waals surface area contributed by atoms with E-state index in [0.29, 0.717) is 6.42 Å². The lowest BCUT2D eigenvalue weighted by atomic mass is 10.2. The molecule has 0 atom stereocenters. The Kier molecular flexibility index (Phi) is 5.49. The van der Waals surface area contributed by atoms with Crippen LogP contribution in [0.3, 0.4) is 0 Å². The third-order valence-electron chi connectivity index (χ3n) is 2.04. The predicted octanol–water partition coefficient (Wildman–Crippen LogP) is 3.43. The number of thiophene rings is 1. The molecule has 16 heavy (non-hydrogen) atoms. The van der Waals surface area contributed by atoms with E-state index in [1.165, 1.54) is 11.3 Å². The second kappa shape index (κ2) is 6.66. The number of nitrogens with one attached hydrogen (secondary N) is 1. The van der Waals surface area contributed by atoms with Gasteiger partial charge in [-0.15, -0.1) is 11.3 Å². The van der Waals surface area contributed by atoms with Gasteiger partial charge in [-0.3, -0.25) is 4.79 Å². The number of hydrogen-bond donors (Lipinski definition) is 1. The molecule has 5 heteroatoms. The van der Waals surface area contributed by atoms with Crippen LogP contribution in [0, 0.1) is 0 Å². The zero-order chi connectivity index (χ0) is 12.0. The lowest BCUT2D eigenvalue weighted by Gasteiger charge is -2.00. The van der Waals surface area contributed by atoms with Gasteiger partial charge in [0.1, 0.15) is 0 Å². The van der Waals surface area contributed by atoms with E-state index in [4.69, 9.17) is 11.6 Å². The zero-order valence-electron chi connectivity index (χ0n) is 9.42. The van der Waals surface area contributed by atoms with Crippen molar-refractivity contribution in [2.75, 3.05) is 0 Å². The van der Waals surface area contributed by atoms with E-state index >= 15 is 0 Å². The van der Waals surface area contributed by atoms with Crippen molar-refractivity contribution in [3.63, 3.8) is 0 Å². The topological polar surface area (TPSA) is 41.5 Å². The molecular formula is C11H15ClN2OS. The van der Waals surface area contributed by atoms with Gasteiger partial charge in [0.15, 0.2) is 0 Å². The van der Waals surface area contributed by atoms with Crippen molar-refractivity contribution in [2.24, 2.45) is 5.10 Å². The van der Waals surface area contributed by atoms with Crippen LogP contribution in [0.5, 0.6) is 0 Å². The molecule has 0 aromatic carbocycles. The fraction of sp³-hybridized carbons (Fsp3) is 0.455. The number of carbonyl (C=O) groups is 1. The quantitative estimate of drug-likeness (QED) is 0.638. The summed E-state index contributed by atoms with van der Waals surface area (Å²) in [5.41, 5.74) is 3.32. The molecule has 0 spiro atoms. The molecule has 1 aromatic rings. The van der Waals surface area contributed by atoms with Gasteiger partial charge in [-0.1, -0.05) is 24.9 Å². The molecule has 0 aliphatic carbocycles. The molecule has 0 unspecified atom stereocenters. The SMILES string of the molecule is CCCCC(=O)NN=C(C)c1ccc(Cl)s1. The summed E-state index contributed by atoms with van der Waals surface area (Å²) in [6.45, 7) is 3.90. The molecule has 0 aliphatic rings. The van der Waals surface area contributed by atoms with Crippen LogP contribution in [-0.2, 0) is 4.79 Å². The van der Waals surface area contributed by atoms with E-state index < -0.39 is 0 Å². The summed E-state index contributed by atoms with van der Waals surface area (Å²) in [7, 11) is 0. The lowest BCUT2D eigenvalue weighted by molar-refractivity contribution is -0.121. The summed E-state index contributed by atoms with van der Waals surface area (Å²) >= 11 is 7.26. The monoisotopic (exact) mass is 258 g/mol. The summed E-state index contributed by atoms with van der Waals surface area (Å²) in [5.74, 6) is -0.0381. The standard InChI is InChI=1S/C11H15ClN2OS/c1-3-4-5-11(15)14-13-8(2)9-6-7-10(12)16-9/h6-7H,3-5H2,1-2H3,(H,14,15). The number of amides is 1. The van der Waals surface area contributed by atoms with Gasteiger partial charge in [0.2, 0.25) is 5.91 Å². The van der Waals surface area contributed by atoms with Crippen LogP contribution in [0.1, 0.15) is 38.0 Å². The smallest absolute Gasteiger partial charge is 0.240 e. The Labute approximate surface area is 105 Å². The van der Waals surface area contributed by atoms with Gasteiger partial charge in [-0.25, -0.2) is 5.43 Å². The first-order chi connectivity index (χ1) is 7.63. The summed E-state index contributed by atoms with van der Waals surface area (Å²) < 4.78 is 0.724. The molecule has 88 valence electrons. The fourth-order valence-corrected chi connectivity index (χ4v) is 2.09. The number of rotatable bonds is 5. The molecule has 3 nitrogen and oxygen atoms in total. The highest BCUT2D eigenvalue weighted by molar-refractivity contribution is 7.18. The van der Waals surface area contributed by atoms with E-state index in [2.05, 4.69) is 17.5 Å². The van der Waals surface area contributed by atoms with Crippen molar-refractivity contribution < 1.29 is 4.79 Å². The lowest BCUT2D eigenvalue weighted by Crippen LogP contribution is -2.18. The number of hydrazone groups is 1. The van der Waals surface area contributed by atoms with Gasteiger partial charge < -0.3 is 0 Å². The first-order valence-electron chi connectivity index (χ1n) is 5.22. The molecule has 0 fully saturated rings. The minimum absolute atomic E-state index is 0.0381. The van der Waals surface area contributed by atoms with E-state index in [-0.39, 0.29) is 5.91 Å². The maximum absolute atomic E-state index is 11.3. The van der Waals surface area contributed by atoms with Crippen molar-refractivity contribution in [3.8, 4) is 0 Å². The number of unbranched alkanes of at least 4 members (excludes halogenated alkanes) is 1. The highest BCUT2D eigenvalue weighted by Crippen LogP contribution is 2.21. The molecule has 0 aliphatic heterocycles. The molecule has 0 saturated carbocycles.